The van der Waals surface area contributed by atoms with Gasteiger partial charge in [-0.2, -0.15) is 4.98 Å². The van der Waals surface area contributed by atoms with E-state index >= 15 is 0 Å². The fraction of sp³-hybridized carbons (Fsp3) is 0.154. The van der Waals surface area contributed by atoms with Gasteiger partial charge in [-0.1, -0.05) is 23.2 Å². The van der Waals surface area contributed by atoms with E-state index < -0.39 is 0 Å². The van der Waals surface area contributed by atoms with Crippen molar-refractivity contribution in [3.05, 3.63) is 33.6 Å². The molecule has 2 heterocycles. The summed E-state index contributed by atoms with van der Waals surface area (Å²) in [6.45, 7) is -0.0557. The number of halogens is 2. The topological polar surface area (TPSA) is 68.5 Å². The molecule has 0 unspecified atom stereocenters. The molecule has 22 heavy (non-hydrogen) atoms. The van der Waals surface area contributed by atoms with Crippen molar-refractivity contribution < 1.29 is 9.53 Å². The van der Waals surface area contributed by atoms with Crippen LogP contribution in [0, 0.1) is 0 Å². The number of ether oxygens (including phenoxy) is 1. The Kier molecular flexibility index (Phi) is 4.30. The van der Waals surface area contributed by atoms with Gasteiger partial charge >= 0.3 is 0 Å². The molecule has 0 saturated carbocycles. The molecule has 3 rings (SSSR count). The maximum absolute atomic E-state index is 11.5. The summed E-state index contributed by atoms with van der Waals surface area (Å²) in [7, 11) is 1.44. The van der Waals surface area contributed by atoms with Crippen LogP contribution in [0.1, 0.15) is 0 Å². The summed E-state index contributed by atoms with van der Waals surface area (Å²) in [5, 5.41) is 9.85. The van der Waals surface area contributed by atoms with Crippen molar-refractivity contribution in [2.75, 3.05) is 19.0 Å². The highest BCUT2D eigenvalue weighted by atomic mass is 35.5. The predicted octanol–water partition coefficient (Wildman–Crippen LogP) is 3.35. The molecule has 0 aliphatic rings. The van der Waals surface area contributed by atoms with E-state index in [9.17, 15) is 4.79 Å². The highest BCUT2D eigenvalue weighted by Gasteiger charge is 2.15. The van der Waals surface area contributed by atoms with E-state index in [2.05, 4.69) is 15.4 Å². The number of nitrogens with zero attached hydrogens (tertiary/aromatic N) is 3. The fourth-order valence-electron chi connectivity index (χ4n) is 1.91. The van der Waals surface area contributed by atoms with Crippen molar-refractivity contribution in [2.24, 2.45) is 0 Å². The molecule has 0 fully saturated rings. The fourth-order valence-corrected chi connectivity index (χ4v) is 3.11. The lowest BCUT2D eigenvalue weighted by Crippen LogP contribution is -2.18. The first-order valence-corrected chi connectivity index (χ1v) is 7.80. The Bertz CT molecular complexity index is 846. The number of aromatic nitrogens is 3. The molecule has 9 heteroatoms. The summed E-state index contributed by atoms with van der Waals surface area (Å²) >= 11 is 13.6. The predicted molar refractivity (Wildman–Crippen MR) is 86.8 cm³/mol. The Balaban J connectivity index is 1.99. The van der Waals surface area contributed by atoms with Crippen molar-refractivity contribution in [3.63, 3.8) is 0 Å². The zero-order valence-corrected chi connectivity index (χ0v) is 13.7. The van der Waals surface area contributed by atoms with Crippen molar-refractivity contribution >= 4 is 51.4 Å². The molecule has 0 radical (unpaired) electrons. The minimum atomic E-state index is -0.317. The van der Waals surface area contributed by atoms with Gasteiger partial charge in [0, 0.05) is 23.1 Å². The first kappa shape index (κ1) is 15.2. The van der Waals surface area contributed by atoms with Crippen LogP contribution in [0.25, 0.3) is 16.2 Å². The van der Waals surface area contributed by atoms with Crippen LogP contribution in [0.3, 0.4) is 0 Å². The number of hydrogen-bond acceptors (Lipinski definition) is 5. The number of amides is 1. The van der Waals surface area contributed by atoms with Crippen LogP contribution in [0.4, 0.5) is 5.95 Å². The van der Waals surface area contributed by atoms with Crippen molar-refractivity contribution in [1.29, 1.82) is 0 Å². The van der Waals surface area contributed by atoms with Crippen LogP contribution in [0.5, 0.6) is 0 Å². The third kappa shape index (κ3) is 2.93. The van der Waals surface area contributed by atoms with E-state index in [-0.39, 0.29) is 18.5 Å². The van der Waals surface area contributed by atoms with Gasteiger partial charge < -0.3 is 4.74 Å². The third-order valence-corrected chi connectivity index (χ3v) is 4.19. The van der Waals surface area contributed by atoms with E-state index in [0.717, 1.165) is 11.3 Å². The van der Waals surface area contributed by atoms with Gasteiger partial charge in [0.25, 0.3) is 11.9 Å². The summed E-state index contributed by atoms with van der Waals surface area (Å²) < 4.78 is 6.37. The molecule has 0 aliphatic heterocycles. The minimum absolute atomic E-state index is 0.0557. The maximum Gasteiger partial charge on any atom is 0.252 e. The summed E-state index contributed by atoms with van der Waals surface area (Å²) in [5.41, 5.74) is 1.51. The molecule has 2 aromatic heterocycles. The van der Waals surface area contributed by atoms with E-state index in [0.29, 0.717) is 15.0 Å². The normalized spacial score (nSPS) is 11.0. The number of fused-ring (bicyclic) bond motifs is 1. The summed E-state index contributed by atoms with van der Waals surface area (Å²) in [5.74, 6) is -0.101. The molecule has 114 valence electrons. The number of thiazole rings is 1. The zero-order chi connectivity index (χ0) is 15.7. The summed E-state index contributed by atoms with van der Waals surface area (Å²) in [4.78, 5) is 16.4. The molecule has 6 nitrogen and oxygen atoms in total. The highest BCUT2D eigenvalue weighted by molar-refractivity contribution is 7.15. The van der Waals surface area contributed by atoms with Gasteiger partial charge in [-0.05, 0) is 18.2 Å². The number of anilines is 1. The number of carbonyl (C=O) groups is 1. The third-order valence-electron chi connectivity index (χ3n) is 2.81. The molecule has 3 aromatic rings. The lowest BCUT2D eigenvalue weighted by molar-refractivity contribution is -0.119. The lowest BCUT2D eigenvalue weighted by atomic mass is 10.2. The van der Waals surface area contributed by atoms with Gasteiger partial charge in [0.05, 0.1) is 10.7 Å². The van der Waals surface area contributed by atoms with Crippen LogP contribution in [-0.4, -0.2) is 34.2 Å². The van der Waals surface area contributed by atoms with Gasteiger partial charge in [-0.25, -0.2) is 4.52 Å². The minimum Gasteiger partial charge on any atom is -0.375 e. The van der Waals surface area contributed by atoms with Gasteiger partial charge in [-0.15, -0.1) is 16.4 Å². The number of hydrogen-bond donors (Lipinski definition) is 1. The lowest BCUT2D eigenvalue weighted by Gasteiger charge is -2.03. The van der Waals surface area contributed by atoms with Crippen LogP contribution in [0.2, 0.25) is 10.0 Å². The average Bonchev–Trinajstić information content (AvgIpc) is 3.01. The Labute approximate surface area is 139 Å². The van der Waals surface area contributed by atoms with Crippen LogP contribution < -0.4 is 5.32 Å². The second-order valence-electron chi connectivity index (χ2n) is 4.36. The molecule has 0 aliphatic carbocycles. The van der Waals surface area contributed by atoms with Gasteiger partial charge in [0.15, 0.2) is 0 Å². The number of benzene rings is 1. The monoisotopic (exact) mass is 356 g/mol. The second-order valence-corrected chi connectivity index (χ2v) is 6.04. The van der Waals surface area contributed by atoms with Crippen molar-refractivity contribution in [3.8, 4) is 11.3 Å². The van der Waals surface area contributed by atoms with E-state index in [1.807, 2.05) is 5.38 Å². The zero-order valence-electron chi connectivity index (χ0n) is 11.3. The van der Waals surface area contributed by atoms with Crippen molar-refractivity contribution in [2.45, 2.75) is 0 Å². The first-order valence-electron chi connectivity index (χ1n) is 6.17. The SMILES string of the molecule is COCC(=O)Nc1nc2scc(-c3cc(Cl)ccc3Cl)n2n1. The van der Waals surface area contributed by atoms with Gasteiger partial charge in [-0.3, -0.25) is 10.1 Å². The Morgan fingerprint density at radius 1 is 1.45 bits per heavy atom. The smallest absolute Gasteiger partial charge is 0.252 e. The molecule has 0 saturated heterocycles. The molecule has 1 N–H and O–H groups in total. The van der Waals surface area contributed by atoms with Crippen molar-refractivity contribution in [1.82, 2.24) is 14.6 Å². The first-order chi connectivity index (χ1) is 10.6. The average molecular weight is 357 g/mol. The highest BCUT2D eigenvalue weighted by Crippen LogP contribution is 2.33. The number of rotatable bonds is 4. The quantitative estimate of drug-likeness (QED) is 0.778. The molecule has 0 atom stereocenters. The standard InChI is InChI=1S/C13H10Cl2N4O2S/c1-21-5-11(20)16-12-17-13-19(18-12)10(6-22-13)8-4-7(14)2-3-9(8)15/h2-4,6H,5H2,1H3,(H,16,18,20). The van der Waals surface area contributed by atoms with E-state index in [1.165, 1.54) is 18.4 Å². The molecule has 1 aromatic carbocycles. The maximum atomic E-state index is 11.5. The van der Waals surface area contributed by atoms with Crippen LogP contribution >= 0.6 is 34.5 Å². The second kappa shape index (κ2) is 6.21. The molecule has 1 amide bonds. The molecule has 0 spiro atoms. The number of nitrogens with one attached hydrogen (secondary N) is 1. The number of methoxy groups -OCH3 is 1. The van der Waals surface area contributed by atoms with Gasteiger partial charge in [0.1, 0.15) is 6.61 Å². The molecular weight excluding hydrogens is 347 g/mol. The van der Waals surface area contributed by atoms with Crippen LogP contribution in [0.15, 0.2) is 23.6 Å². The Morgan fingerprint density at radius 2 is 2.27 bits per heavy atom. The van der Waals surface area contributed by atoms with Crippen LogP contribution in [-0.2, 0) is 9.53 Å². The summed E-state index contributed by atoms with van der Waals surface area (Å²) in [6.07, 6.45) is 0. The Hall–Kier alpha value is -1.67. The Morgan fingerprint density at radius 3 is 3.05 bits per heavy atom. The van der Waals surface area contributed by atoms with E-state index in [4.69, 9.17) is 27.9 Å². The number of carbonyl (C=O) groups excluding carboxylic acids is 1. The van der Waals surface area contributed by atoms with Gasteiger partial charge in [0.2, 0.25) is 4.96 Å². The molecular formula is C13H10Cl2N4O2S. The molecule has 0 bridgehead atoms. The van der Waals surface area contributed by atoms with E-state index in [1.54, 1.807) is 22.7 Å². The summed E-state index contributed by atoms with van der Waals surface area (Å²) in [6, 6.07) is 5.20. The largest absolute Gasteiger partial charge is 0.375 e.